The molecule has 23 heavy (non-hydrogen) atoms. The van der Waals surface area contributed by atoms with Crippen LogP contribution in [0.4, 0.5) is 0 Å². The second-order valence-electron chi connectivity index (χ2n) is 5.06. The molecular formula is C14H22N2O6S. The molecule has 130 valence electrons. The molecule has 0 aromatic carbocycles. The van der Waals surface area contributed by atoms with Crippen LogP contribution in [0.5, 0.6) is 0 Å². The number of aliphatic carboxylic acids is 1. The van der Waals surface area contributed by atoms with Gasteiger partial charge in [0.05, 0.1) is 5.56 Å². The van der Waals surface area contributed by atoms with Crippen LogP contribution in [0, 0.1) is 6.92 Å². The molecule has 0 spiro atoms. The van der Waals surface area contributed by atoms with Crippen molar-refractivity contribution in [2.75, 3.05) is 13.6 Å². The number of carboxylic acids is 1. The van der Waals surface area contributed by atoms with E-state index in [9.17, 15) is 18.0 Å². The third kappa shape index (κ3) is 6.03. The molecule has 0 aliphatic heterocycles. The number of nitrogens with one attached hydrogen (secondary N) is 2. The minimum Gasteiger partial charge on any atom is -0.481 e. The molecular weight excluding hydrogens is 324 g/mol. The highest BCUT2D eigenvalue weighted by Crippen LogP contribution is 2.18. The summed E-state index contributed by atoms with van der Waals surface area (Å²) in [7, 11) is -2.46. The van der Waals surface area contributed by atoms with Crippen LogP contribution in [0.3, 0.4) is 0 Å². The number of unbranched alkanes of at least 4 members (excludes halogenated alkanes) is 3. The van der Waals surface area contributed by atoms with Crippen LogP contribution >= 0.6 is 0 Å². The Bertz CT molecular complexity index is 650. The monoisotopic (exact) mass is 346 g/mol. The number of carboxylic acid groups (broad SMARTS) is 1. The van der Waals surface area contributed by atoms with Crippen molar-refractivity contribution in [3.8, 4) is 0 Å². The van der Waals surface area contributed by atoms with Gasteiger partial charge in [0, 0.05) is 19.0 Å². The van der Waals surface area contributed by atoms with Gasteiger partial charge in [-0.15, -0.1) is 0 Å². The molecule has 0 aliphatic rings. The number of sulfonamides is 1. The molecule has 1 amide bonds. The predicted molar refractivity (Wildman–Crippen MR) is 82.7 cm³/mol. The number of carbonyl (C=O) groups is 2. The van der Waals surface area contributed by atoms with Crippen LogP contribution in [-0.2, 0) is 14.8 Å². The van der Waals surface area contributed by atoms with Gasteiger partial charge in [0.1, 0.15) is 5.76 Å². The molecule has 8 nitrogen and oxygen atoms in total. The molecule has 9 heteroatoms. The van der Waals surface area contributed by atoms with E-state index in [0.29, 0.717) is 13.0 Å². The summed E-state index contributed by atoms with van der Waals surface area (Å²) in [6, 6.07) is 1.20. The maximum Gasteiger partial charge on any atom is 0.303 e. The maximum atomic E-state index is 12.0. The number of carbonyl (C=O) groups excluding carboxylic acids is 1. The third-order valence-electron chi connectivity index (χ3n) is 3.28. The summed E-state index contributed by atoms with van der Waals surface area (Å²) in [6.07, 6.45) is 3.11. The standard InChI is InChI=1S/C14H22N2O6S/c1-10-11(9-13(22-10)23(20,21)15-2)14(19)16-8-6-4-3-5-7-12(17)18/h9,15H,3-8H2,1-2H3,(H,16,19)(H,17,18). The van der Waals surface area contributed by atoms with Crippen LogP contribution in [0.1, 0.15) is 48.2 Å². The number of rotatable bonds is 10. The SMILES string of the molecule is CNS(=O)(=O)c1cc(C(=O)NCCCCCCC(=O)O)c(C)o1. The van der Waals surface area contributed by atoms with Crippen LogP contribution in [0.15, 0.2) is 15.6 Å². The molecule has 0 saturated carbocycles. The maximum absolute atomic E-state index is 12.0. The zero-order valence-corrected chi connectivity index (χ0v) is 14.0. The molecule has 0 unspecified atom stereocenters. The quantitative estimate of drug-likeness (QED) is 0.548. The molecule has 0 bridgehead atoms. The lowest BCUT2D eigenvalue weighted by Gasteiger charge is -2.04. The number of aryl methyl sites for hydroxylation is 1. The van der Waals surface area contributed by atoms with Gasteiger partial charge in [0.15, 0.2) is 0 Å². The van der Waals surface area contributed by atoms with Crippen molar-refractivity contribution in [2.24, 2.45) is 0 Å². The van der Waals surface area contributed by atoms with Crippen molar-refractivity contribution in [1.82, 2.24) is 10.0 Å². The fourth-order valence-corrected chi connectivity index (χ4v) is 2.67. The van der Waals surface area contributed by atoms with Gasteiger partial charge < -0.3 is 14.8 Å². The van der Waals surface area contributed by atoms with E-state index in [1.54, 1.807) is 0 Å². The largest absolute Gasteiger partial charge is 0.481 e. The van der Waals surface area contributed by atoms with E-state index >= 15 is 0 Å². The first-order chi connectivity index (χ1) is 10.8. The Hall–Kier alpha value is -1.87. The first kappa shape index (κ1) is 19.2. The Morgan fingerprint density at radius 1 is 1.22 bits per heavy atom. The summed E-state index contributed by atoms with van der Waals surface area (Å²) < 4.78 is 30.5. The lowest BCUT2D eigenvalue weighted by Crippen LogP contribution is -2.24. The fourth-order valence-electron chi connectivity index (χ4n) is 1.97. The summed E-state index contributed by atoms with van der Waals surface area (Å²) in [5.41, 5.74) is 0.185. The van der Waals surface area contributed by atoms with Crippen LogP contribution < -0.4 is 10.0 Å². The second kappa shape index (κ2) is 8.68. The number of hydrogen-bond acceptors (Lipinski definition) is 5. The number of hydrogen-bond donors (Lipinski definition) is 3. The Labute approximate surface area is 135 Å². The number of furan rings is 1. The van der Waals surface area contributed by atoms with E-state index in [1.165, 1.54) is 20.0 Å². The molecule has 0 fully saturated rings. The fraction of sp³-hybridized carbons (Fsp3) is 0.571. The zero-order chi connectivity index (χ0) is 17.5. The Balaban J connectivity index is 2.43. The highest BCUT2D eigenvalue weighted by molar-refractivity contribution is 7.89. The minimum atomic E-state index is -3.72. The highest BCUT2D eigenvalue weighted by atomic mass is 32.2. The van der Waals surface area contributed by atoms with Crippen molar-refractivity contribution in [1.29, 1.82) is 0 Å². The normalized spacial score (nSPS) is 11.4. The van der Waals surface area contributed by atoms with Gasteiger partial charge in [0.25, 0.3) is 15.9 Å². The third-order valence-corrected chi connectivity index (χ3v) is 4.54. The predicted octanol–water partition coefficient (Wildman–Crippen LogP) is 1.26. The summed E-state index contributed by atoms with van der Waals surface area (Å²) in [6.45, 7) is 1.96. The van der Waals surface area contributed by atoms with Gasteiger partial charge in [-0.25, -0.2) is 13.1 Å². The van der Waals surface area contributed by atoms with Crippen molar-refractivity contribution in [2.45, 2.75) is 44.1 Å². The topological polar surface area (TPSA) is 126 Å². The summed E-state index contributed by atoms with van der Waals surface area (Å²) in [4.78, 5) is 22.4. The van der Waals surface area contributed by atoms with E-state index in [2.05, 4.69) is 10.0 Å². The minimum absolute atomic E-state index is 0.156. The van der Waals surface area contributed by atoms with E-state index < -0.39 is 21.9 Å². The lowest BCUT2D eigenvalue weighted by atomic mass is 10.1. The lowest BCUT2D eigenvalue weighted by molar-refractivity contribution is -0.137. The molecule has 0 atom stereocenters. The first-order valence-corrected chi connectivity index (χ1v) is 8.80. The molecule has 0 saturated heterocycles. The average Bonchev–Trinajstić information content (AvgIpc) is 2.88. The summed E-state index contributed by atoms with van der Waals surface area (Å²) >= 11 is 0. The first-order valence-electron chi connectivity index (χ1n) is 7.32. The van der Waals surface area contributed by atoms with Crippen LogP contribution in [0.2, 0.25) is 0 Å². The van der Waals surface area contributed by atoms with Gasteiger partial charge in [-0.1, -0.05) is 12.8 Å². The Morgan fingerprint density at radius 2 is 1.87 bits per heavy atom. The smallest absolute Gasteiger partial charge is 0.303 e. The summed E-state index contributed by atoms with van der Waals surface area (Å²) in [5.74, 6) is -0.965. The Kier molecular flexibility index (Phi) is 7.24. The van der Waals surface area contributed by atoms with E-state index in [1.807, 2.05) is 0 Å². The Morgan fingerprint density at radius 3 is 2.48 bits per heavy atom. The van der Waals surface area contributed by atoms with Crippen LogP contribution in [0.25, 0.3) is 0 Å². The van der Waals surface area contributed by atoms with E-state index in [4.69, 9.17) is 9.52 Å². The van der Waals surface area contributed by atoms with Gasteiger partial charge in [0.2, 0.25) is 5.09 Å². The van der Waals surface area contributed by atoms with Crippen molar-refractivity contribution >= 4 is 21.9 Å². The van der Waals surface area contributed by atoms with E-state index in [-0.39, 0.29) is 22.8 Å². The molecule has 0 aliphatic carbocycles. The molecule has 1 heterocycles. The van der Waals surface area contributed by atoms with Crippen molar-refractivity contribution < 1.29 is 27.5 Å². The average molecular weight is 346 g/mol. The zero-order valence-electron chi connectivity index (χ0n) is 13.2. The van der Waals surface area contributed by atoms with Gasteiger partial charge >= 0.3 is 5.97 Å². The summed E-state index contributed by atoms with van der Waals surface area (Å²) in [5, 5.41) is 10.9. The molecule has 1 rings (SSSR count). The van der Waals surface area contributed by atoms with Crippen molar-refractivity contribution in [3.05, 3.63) is 17.4 Å². The van der Waals surface area contributed by atoms with Crippen molar-refractivity contribution in [3.63, 3.8) is 0 Å². The molecule has 1 aromatic heterocycles. The highest BCUT2D eigenvalue weighted by Gasteiger charge is 2.22. The number of amides is 1. The van der Waals surface area contributed by atoms with E-state index in [0.717, 1.165) is 19.3 Å². The van der Waals surface area contributed by atoms with Gasteiger partial charge in [-0.05, 0) is 26.8 Å². The van der Waals surface area contributed by atoms with Crippen LogP contribution in [-0.4, -0.2) is 39.0 Å². The second-order valence-corrected chi connectivity index (χ2v) is 6.87. The molecule has 1 aromatic rings. The molecule has 0 radical (unpaired) electrons. The van der Waals surface area contributed by atoms with Gasteiger partial charge in [-0.2, -0.15) is 0 Å². The van der Waals surface area contributed by atoms with Gasteiger partial charge in [-0.3, -0.25) is 9.59 Å². The molecule has 3 N–H and O–H groups in total.